The zero-order chi connectivity index (χ0) is 21.7. The highest BCUT2D eigenvalue weighted by atomic mass is 32.2. The summed E-state index contributed by atoms with van der Waals surface area (Å²) in [5.41, 5.74) is 8.23. The minimum atomic E-state index is -3.48. The van der Waals surface area contributed by atoms with Gasteiger partial charge in [-0.25, -0.2) is 18.4 Å². The van der Waals surface area contributed by atoms with Crippen molar-refractivity contribution in [2.75, 3.05) is 13.1 Å². The summed E-state index contributed by atoms with van der Waals surface area (Å²) in [6.45, 7) is 1.17. The van der Waals surface area contributed by atoms with Crippen LogP contribution >= 0.6 is 11.3 Å². The molecule has 2 aliphatic rings. The molecule has 0 radical (unpaired) electrons. The van der Waals surface area contributed by atoms with E-state index in [4.69, 9.17) is 4.98 Å². The molecule has 4 aromatic rings. The molecule has 3 heterocycles. The maximum Gasteiger partial charge on any atom is 0.243 e. The van der Waals surface area contributed by atoms with Crippen molar-refractivity contribution < 1.29 is 8.42 Å². The SMILES string of the molecule is O=S(=O)(c1cccc(-c2cnc3c(n2)C(c2ccc4ncsc4c2)=CC3)c1)N1CCCC1. The number of nitrogens with zero attached hydrogens (tertiary/aromatic N) is 4. The predicted octanol–water partition coefficient (Wildman–Crippen LogP) is 4.53. The molecule has 0 spiro atoms. The molecule has 0 bridgehead atoms. The van der Waals surface area contributed by atoms with Crippen molar-refractivity contribution >= 4 is 37.1 Å². The fraction of sp³-hybridized carbons (Fsp3) is 0.208. The van der Waals surface area contributed by atoms with Crippen LogP contribution in [0.2, 0.25) is 0 Å². The molecule has 1 aliphatic carbocycles. The predicted molar refractivity (Wildman–Crippen MR) is 126 cm³/mol. The van der Waals surface area contributed by atoms with Crippen LogP contribution in [-0.4, -0.2) is 40.8 Å². The number of benzene rings is 2. The summed E-state index contributed by atoms with van der Waals surface area (Å²) < 4.78 is 28.7. The number of sulfonamides is 1. The molecule has 2 aromatic heterocycles. The number of rotatable bonds is 4. The minimum Gasteiger partial charge on any atom is -0.256 e. The molecule has 1 fully saturated rings. The van der Waals surface area contributed by atoms with Gasteiger partial charge in [0.15, 0.2) is 0 Å². The Bertz CT molecular complexity index is 1480. The minimum absolute atomic E-state index is 0.311. The largest absolute Gasteiger partial charge is 0.256 e. The van der Waals surface area contributed by atoms with E-state index in [-0.39, 0.29) is 0 Å². The topological polar surface area (TPSA) is 76.0 Å². The highest BCUT2D eigenvalue weighted by molar-refractivity contribution is 7.89. The van der Waals surface area contributed by atoms with E-state index >= 15 is 0 Å². The van der Waals surface area contributed by atoms with Gasteiger partial charge in [0.2, 0.25) is 10.0 Å². The molecule has 6 nitrogen and oxygen atoms in total. The number of aromatic nitrogens is 3. The van der Waals surface area contributed by atoms with E-state index in [0.717, 1.165) is 57.6 Å². The summed E-state index contributed by atoms with van der Waals surface area (Å²) in [4.78, 5) is 14.2. The van der Waals surface area contributed by atoms with E-state index < -0.39 is 10.0 Å². The second kappa shape index (κ2) is 7.58. The fourth-order valence-corrected chi connectivity index (χ4v) is 6.66. The quantitative estimate of drug-likeness (QED) is 0.447. The maximum absolute atomic E-state index is 13.0. The van der Waals surface area contributed by atoms with Gasteiger partial charge in [-0.1, -0.05) is 24.3 Å². The van der Waals surface area contributed by atoms with Crippen molar-refractivity contribution in [3.05, 3.63) is 77.2 Å². The highest BCUT2D eigenvalue weighted by Crippen LogP contribution is 2.34. The van der Waals surface area contributed by atoms with Crippen LogP contribution in [0.25, 0.3) is 27.0 Å². The zero-order valence-electron chi connectivity index (χ0n) is 17.2. The third-order valence-corrected chi connectivity index (χ3v) is 8.76. The van der Waals surface area contributed by atoms with Crippen molar-refractivity contribution in [2.24, 2.45) is 0 Å². The Morgan fingerprint density at radius 1 is 0.969 bits per heavy atom. The molecular weight excluding hydrogens is 440 g/mol. The van der Waals surface area contributed by atoms with E-state index in [9.17, 15) is 8.42 Å². The van der Waals surface area contributed by atoms with Gasteiger partial charge in [-0.3, -0.25) is 4.98 Å². The lowest BCUT2D eigenvalue weighted by molar-refractivity contribution is 0.477. The fourth-order valence-electron chi connectivity index (χ4n) is 4.38. The summed E-state index contributed by atoms with van der Waals surface area (Å²) in [5.74, 6) is 0. The Labute approximate surface area is 190 Å². The van der Waals surface area contributed by atoms with Gasteiger partial charge in [0.05, 0.1) is 43.9 Å². The number of fused-ring (bicyclic) bond motifs is 2. The molecule has 0 atom stereocenters. The summed E-state index contributed by atoms with van der Waals surface area (Å²) in [7, 11) is -3.48. The van der Waals surface area contributed by atoms with Crippen LogP contribution in [0.15, 0.2) is 65.1 Å². The summed E-state index contributed by atoms with van der Waals surface area (Å²) in [6.07, 6.45) is 6.46. The normalized spacial score (nSPS) is 16.4. The lowest BCUT2D eigenvalue weighted by atomic mass is 10.0. The molecule has 0 N–H and O–H groups in total. The van der Waals surface area contributed by atoms with Crippen molar-refractivity contribution in [1.82, 2.24) is 19.3 Å². The monoisotopic (exact) mass is 460 g/mol. The van der Waals surface area contributed by atoms with Crippen LogP contribution in [0.1, 0.15) is 29.8 Å². The van der Waals surface area contributed by atoms with Gasteiger partial charge >= 0.3 is 0 Å². The molecule has 2 aromatic carbocycles. The van der Waals surface area contributed by atoms with Gasteiger partial charge in [0.1, 0.15) is 0 Å². The average Bonchev–Trinajstić information content (AvgIpc) is 3.59. The molecule has 0 saturated carbocycles. The molecule has 0 unspecified atom stereocenters. The second-order valence-corrected chi connectivity index (χ2v) is 10.9. The van der Waals surface area contributed by atoms with Crippen LogP contribution in [0.3, 0.4) is 0 Å². The van der Waals surface area contributed by atoms with Crippen molar-refractivity contribution in [3.8, 4) is 11.3 Å². The number of hydrogen-bond acceptors (Lipinski definition) is 6. The Balaban J connectivity index is 1.38. The standard InChI is InChI=1S/C24H20N4O2S2/c29-32(30,28-10-1-2-11-28)18-5-3-4-17(12-18)22-14-25-21-9-7-19(24(21)27-22)16-6-8-20-23(13-16)31-15-26-20/h3-8,12-15H,1-2,9-11H2. The molecule has 6 rings (SSSR count). The zero-order valence-corrected chi connectivity index (χ0v) is 18.9. The van der Waals surface area contributed by atoms with Crippen molar-refractivity contribution in [1.29, 1.82) is 0 Å². The Hall–Kier alpha value is -2.94. The molecular formula is C24H20N4O2S2. The van der Waals surface area contributed by atoms with Crippen LogP contribution in [0.5, 0.6) is 0 Å². The first-order chi connectivity index (χ1) is 15.6. The van der Waals surface area contributed by atoms with Gasteiger partial charge in [0.25, 0.3) is 0 Å². The molecule has 0 amide bonds. The van der Waals surface area contributed by atoms with E-state index in [1.165, 1.54) is 0 Å². The molecule has 8 heteroatoms. The van der Waals surface area contributed by atoms with E-state index in [2.05, 4.69) is 28.2 Å². The van der Waals surface area contributed by atoms with E-state index in [0.29, 0.717) is 23.7 Å². The lowest BCUT2D eigenvalue weighted by Gasteiger charge is -2.16. The average molecular weight is 461 g/mol. The first-order valence-electron chi connectivity index (χ1n) is 10.6. The van der Waals surface area contributed by atoms with Gasteiger partial charge in [-0.15, -0.1) is 11.3 Å². The van der Waals surface area contributed by atoms with E-state index in [1.54, 1.807) is 40.0 Å². The van der Waals surface area contributed by atoms with Crippen LogP contribution in [0, 0.1) is 0 Å². The smallest absolute Gasteiger partial charge is 0.243 e. The summed E-state index contributed by atoms with van der Waals surface area (Å²) >= 11 is 1.62. The van der Waals surface area contributed by atoms with Gasteiger partial charge in [0, 0.05) is 30.6 Å². The third kappa shape index (κ3) is 3.26. The summed E-state index contributed by atoms with van der Waals surface area (Å²) in [5, 5.41) is 0. The molecule has 1 saturated heterocycles. The Kier molecular flexibility index (Phi) is 4.67. The van der Waals surface area contributed by atoms with Crippen LogP contribution in [-0.2, 0) is 16.4 Å². The van der Waals surface area contributed by atoms with Crippen molar-refractivity contribution in [2.45, 2.75) is 24.2 Å². The lowest BCUT2D eigenvalue weighted by Crippen LogP contribution is -2.27. The van der Waals surface area contributed by atoms with Gasteiger partial charge < -0.3 is 0 Å². The van der Waals surface area contributed by atoms with Crippen LogP contribution in [0.4, 0.5) is 0 Å². The summed E-state index contributed by atoms with van der Waals surface area (Å²) in [6, 6.07) is 13.3. The van der Waals surface area contributed by atoms with Crippen molar-refractivity contribution in [3.63, 3.8) is 0 Å². The highest BCUT2D eigenvalue weighted by Gasteiger charge is 2.27. The molecule has 32 heavy (non-hydrogen) atoms. The molecule has 160 valence electrons. The third-order valence-electron chi connectivity index (χ3n) is 6.08. The molecule has 1 aliphatic heterocycles. The second-order valence-electron chi connectivity index (χ2n) is 8.05. The first kappa shape index (κ1) is 19.7. The van der Waals surface area contributed by atoms with Gasteiger partial charge in [-0.2, -0.15) is 4.31 Å². The van der Waals surface area contributed by atoms with Gasteiger partial charge in [-0.05, 0) is 42.7 Å². The van der Waals surface area contributed by atoms with E-state index in [1.807, 2.05) is 17.6 Å². The van der Waals surface area contributed by atoms with Crippen LogP contribution < -0.4 is 0 Å². The maximum atomic E-state index is 13.0. The Morgan fingerprint density at radius 3 is 2.72 bits per heavy atom. The first-order valence-corrected chi connectivity index (χ1v) is 12.9. The number of allylic oxidation sites excluding steroid dienone is 1. The number of hydrogen-bond donors (Lipinski definition) is 0. The Morgan fingerprint density at radius 2 is 1.84 bits per heavy atom. The number of thiazole rings is 1.